The summed E-state index contributed by atoms with van der Waals surface area (Å²) >= 11 is 9.03. The Kier molecular flexibility index (Phi) is 3.77. The van der Waals surface area contributed by atoms with Crippen molar-refractivity contribution in [1.29, 1.82) is 0 Å². The van der Waals surface area contributed by atoms with Crippen LogP contribution in [0.25, 0.3) is 0 Å². The van der Waals surface area contributed by atoms with Gasteiger partial charge in [-0.1, -0.05) is 11.6 Å². The molecule has 0 heterocycles. The fourth-order valence-corrected chi connectivity index (χ4v) is 1.70. The third-order valence-electron chi connectivity index (χ3n) is 1.67. The molecule has 0 bridgehead atoms. The number of hydrogen-bond acceptors (Lipinski definition) is 2. The molecule has 0 spiro atoms. The van der Waals surface area contributed by atoms with Gasteiger partial charge in [0.25, 0.3) is 0 Å². The molecule has 1 atom stereocenters. The van der Waals surface area contributed by atoms with Gasteiger partial charge in [0, 0.05) is 15.2 Å². The molecule has 3 nitrogen and oxygen atoms in total. The van der Waals surface area contributed by atoms with Crippen LogP contribution in [0.15, 0.2) is 22.7 Å². The summed E-state index contributed by atoms with van der Waals surface area (Å²) in [6, 6.07) is 4.50. The number of anilines is 1. The number of nitrogens with one attached hydrogen (secondary N) is 1. The van der Waals surface area contributed by atoms with Gasteiger partial charge < -0.3 is 10.4 Å². The zero-order valence-electron chi connectivity index (χ0n) is 7.42. The quantitative estimate of drug-likeness (QED) is 0.893. The minimum absolute atomic E-state index is 0.602. The third kappa shape index (κ3) is 2.89. The maximum Gasteiger partial charge on any atom is 0.325 e. The first-order valence-corrected chi connectivity index (χ1v) is 5.12. The largest absolute Gasteiger partial charge is 0.480 e. The summed E-state index contributed by atoms with van der Waals surface area (Å²) in [4.78, 5) is 10.6. The number of aliphatic carboxylic acids is 1. The Morgan fingerprint density at radius 1 is 1.64 bits per heavy atom. The molecular formula is C9H9BrClNO2. The molecule has 76 valence electrons. The van der Waals surface area contributed by atoms with E-state index in [0.717, 1.165) is 4.47 Å². The highest BCUT2D eigenvalue weighted by atomic mass is 79.9. The molecule has 0 fully saturated rings. The first-order chi connectivity index (χ1) is 6.50. The maximum atomic E-state index is 10.6. The number of rotatable bonds is 3. The SMILES string of the molecule is CC(Nc1ccc(Cl)cc1Br)C(=O)O. The van der Waals surface area contributed by atoms with Crippen molar-refractivity contribution in [2.45, 2.75) is 13.0 Å². The molecule has 1 aromatic carbocycles. The predicted octanol–water partition coefficient (Wildman–Crippen LogP) is 2.99. The number of halogens is 2. The first kappa shape index (κ1) is 11.3. The Morgan fingerprint density at radius 2 is 2.29 bits per heavy atom. The van der Waals surface area contributed by atoms with E-state index in [4.69, 9.17) is 16.7 Å². The number of hydrogen-bond donors (Lipinski definition) is 2. The van der Waals surface area contributed by atoms with Gasteiger partial charge in [-0.25, -0.2) is 0 Å². The van der Waals surface area contributed by atoms with Gasteiger partial charge in [-0.15, -0.1) is 0 Å². The molecule has 0 saturated carbocycles. The second-order valence-electron chi connectivity index (χ2n) is 2.83. The topological polar surface area (TPSA) is 49.3 Å². The highest BCUT2D eigenvalue weighted by molar-refractivity contribution is 9.10. The molecular weight excluding hydrogens is 269 g/mol. The van der Waals surface area contributed by atoms with E-state index in [1.54, 1.807) is 25.1 Å². The van der Waals surface area contributed by atoms with E-state index in [1.165, 1.54) is 0 Å². The Balaban J connectivity index is 2.82. The van der Waals surface area contributed by atoms with Gasteiger partial charge in [0.15, 0.2) is 0 Å². The minimum Gasteiger partial charge on any atom is -0.480 e. The lowest BCUT2D eigenvalue weighted by molar-refractivity contribution is -0.137. The van der Waals surface area contributed by atoms with Gasteiger partial charge in [-0.2, -0.15) is 0 Å². The molecule has 0 saturated heterocycles. The second-order valence-corrected chi connectivity index (χ2v) is 4.12. The fraction of sp³-hybridized carbons (Fsp3) is 0.222. The van der Waals surface area contributed by atoms with Crippen molar-refractivity contribution in [3.05, 3.63) is 27.7 Å². The Bertz CT molecular complexity index is 357. The van der Waals surface area contributed by atoms with Gasteiger partial charge in [0.05, 0.1) is 0 Å². The van der Waals surface area contributed by atoms with Gasteiger partial charge in [0.2, 0.25) is 0 Å². The van der Waals surface area contributed by atoms with Gasteiger partial charge in [0.1, 0.15) is 6.04 Å². The lowest BCUT2D eigenvalue weighted by Crippen LogP contribution is -2.25. The van der Waals surface area contributed by atoms with Crippen molar-refractivity contribution >= 4 is 39.2 Å². The van der Waals surface area contributed by atoms with E-state index in [0.29, 0.717) is 10.7 Å². The summed E-state index contributed by atoms with van der Waals surface area (Å²) in [5.74, 6) is -0.896. The van der Waals surface area contributed by atoms with Gasteiger partial charge in [-0.3, -0.25) is 4.79 Å². The van der Waals surface area contributed by atoms with E-state index in [1.807, 2.05) is 0 Å². The molecule has 5 heteroatoms. The first-order valence-electron chi connectivity index (χ1n) is 3.95. The molecule has 1 rings (SSSR count). The maximum absolute atomic E-state index is 10.6. The fourth-order valence-electron chi connectivity index (χ4n) is 0.902. The van der Waals surface area contributed by atoms with Crippen LogP contribution in [0.2, 0.25) is 5.02 Å². The van der Waals surface area contributed by atoms with Crippen LogP contribution >= 0.6 is 27.5 Å². The average molecular weight is 279 g/mol. The molecule has 0 aliphatic rings. The molecule has 0 aliphatic heterocycles. The number of carboxylic acid groups (broad SMARTS) is 1. The van der Waals surface area contributed by atoms with Crippen molar-refractivity contribution in [3.8, 4) is 0 Å². The average Bonchev–Trinajstić information content (AvgIpc) is 2.09. The molecule has 0 aliphatic carbocycles. The van der Waals surface area contributed by atoms with Crippen LogP contribution in [-0.2, 0) is 4.79 Å². The highest BCUT2D eigenvalue weighted by Gasteiger charge is 2.11. The second kappa shape index (κ2) is 4.66. The summed E-state index contributed by atoms with van der Waals surface area (Å²) in [6.45, 7) is 1.57. The van der Waals surface area contributed by atoms with E-state index in [9.17, 15) is 4.79 Å². The summed E-state index contributed by atoms with van der Waals surface area (Å²) in [6.07, 6.45) is 0. The Morgan fingerprint density at radius 3 is 2.79 bits per heavy atom. The Hall–Kier alpha value is -0.740. The number of carboxylic acids is 1. The Labute approximate surface area is 95.2 Å². The number of carbonyl (C=O) groups is 1. The van der Waals surface area contributed by atoms with Crippen LogP contribution in [0.1, 0.15) is 6.92 Å². The summed E-state index contributed by atoms with van der Waals surface area (Å²) in [5, 5.41) is 12.1. The lowest BCUT2D eigenvalue weighted by atomic mass is 10.2. The highest BCUT2D eigenvalue weighted by Crippen LogP contribution is 2.26. The third-order valence-corrected chi connectivity index (χ3v) is 2.56. The van der Waals surface area contributed by atoms with Crippen molar-refractivity contribution in [2.75, 3.05) is 5.32 Å². The summed E-state index contributed by atoms with van der Waals surface area (Å²) < 4.78 is 0.748. The van der Waals surface area contributed by atoms with Crippen LogP contribution in [-0.4, -0.2) is 17.1 Å². The van der Waals surface area contributed by atoms with E-state index < -0.39 is 12.0 Å². The lowest BCUT2D eigenvalue weighted by Gasteiger charge is -2.12. The molecule has 1 aromatic rings. The molecule has 1 unspecified atom stereocenters. The van der Waals surface area contributed by atoms with E-state index >= 15 is 0 Å². The van der Waals surface area contributed by atoms with Crippen LogP contribution in [0, 0.1) is 0 Å². The van der Waals surface area contributed by atoms with Crippen molar-refractivity contribution in [2.24, 2.45) is 0 Å². The molecule has 2 N–H and O–H groups in total. The zero-order valence-corrected chi connectivity index (χ0v) is 9.76. The monoisotopic (exact) mass is 277 g/mol. The molecule has 14 heavy (non-hydrogen) atoms. The minimum atomic E-state index is -0.896. The van der Waals surface area contributed by atoms with Crippen LogP contribution in [0.5, 0.6) is 0 Å². The van der Waals surface area contributed by atoms with Crippen LogP contribution in [0.3, 0.4) is 0 Å². The number of benzene rings is 1. The van der Waals surface area contributed by atoms with Crippen molar-refractivity contribution in [3.63, 3.8) is 0 Å². The van der Waals surface area contributed by atoms with E-state index in [-0.39, 0.29) is 0 Å². The van der Waals surface area contributed by atoms with E-state index in [2.05, 4.69) is 21.2 Å². The zero-order chi connectivity index (χ0) is 10.7. The van der Waals surface area contributed by atoms with Crippen molar-refractivity contribution in [1.82, 2.24) is 0 Å². The predicted molar refractivity (Wildman–Crippen MR) is 59.9 cm³/mol. The summed E-state index contributed by atoms with van der Waals surface area (Å²) in [7, 11) is 0. The van der Waals surface area contributed by atoms with Crippen molar-refractivity contribution < 1.29 is 9.90 Å². The van der Waals surface area contributed by atoms with Gasteiger partial charge in [-0.05, 0) is 41.1 Å². The normalized spacial score (nSPS) is 12.2. The summed E-state index contributed by atoms with van der Waals surface area (Å²) in [5.41, 5.74) is 0.712. The van der Waals surface area contributed by atoms with Crippen LogP contribution in [0.4, 0.5) is 5.69 Å². The molecule has 0 amide bonds. The van der Waals surface area contributed by atoms with Gasteiger partial charge >= 0.3 is 5.97 Å². The van der Waals surface area contributed by atoms with Crippen LogP contribution < -0.4 is 5.32 Å². The molecule has 0 aromatic heterocycles. The standard InChI is InChI=1S/C9H9BrClNO2/c1-5(9(13)14)12-8-3-2-6(11)4-7(8)10/h2-5,12H,1H3,(H,13,14). The smallest absolute Gasteiger partial charge is 0.325 e. The molecule has 0 radical (unpaired) electrons.